The Morgan fingerprint density at radius 1 is 0.875 bits per heavy atom. The van der Waals surface area contributed by atoms with Gasteiger partial charge in [-0.05, 0) is 49.6 Å². The van der Waals surface area contributed by atoms with Gasteiger partial charge in [-0.2, -0.15) is 0 Å². The summed E-state index contributed by atoms with van der Waals surface area (Å²) in [6.45, 7) is 5.31. The van der Waals surface area contributed by atoms with Gasteiger partial charge in [0.25, 0.3) is 0 Å². The number of furan rings is 1. The first-order valence-electron chi connectivity index (χ1n) is 11.0. The summed E-state index contributed by atoms with van der Waals surface area (Å²) in [5.41, 5.74) is 1.87. The van der Waals surface area contributed by atoms with Crippen molar-refractivity contribution in [2.75, 3.05) is 25.0 Å². The predicted octanol–water partition coefficient (Wildman–Crippen LogP) is 5.10. The minimum atomic E-state index is -0.275. The van der Waals surface area contributed by atoms with Crippen LogP contribution in [0, 0.1) is 6.92 Å². The lowest BCUT2D eigenvalue weighted by Crippen LogP contribution is -2.45. The molecule has 0 spiro atoms. The molecule has 2 aromatic carbocycles. The fourth-order valence-electron chi connectivity index (χ4n) is 3.47. The number of urea groups is 1. The Morgan fingerprint density at radius 2 is 1.56 bits per heavy atom. The number of hydrogen-bond donors (Lipinski definition) is 1. The molecule has 6 heteroatoms. The number of nitrogens with zero attached hydrogens (tertiary/aromatic N) is 2. The average molecular weight is 434 g/mol. The number of benzene rings is 2. The fraction of sp³-hybridized carbons (Fsp3) is 0.308. The van der Waals surface area contributed by atoms with Crippen LogP contribution in [-0.2, 0) is 17.8 Å². The van der Waals surface area contributed by atoms with E-state index in [-0.39, 0.29) is 18.5 Å². The molecule has 3 amide bonds. The van der Waals surface area contributed by atoms with Gasteiger partial charge < -0.3 is 19.5 Å². The van der Waals surface area contributed by atoms with Gasteiger partial charge in [0.2, 0.25) is 5.91 Å². The lowest BCUT2D eigenvalue weighted by atomic mass is 10.1. The fourth-order valence-corrected chi connectivity index (χ4v) is 3.47. The highest BCUT2D eigenvalue weighted by Gasteiger charge is 2.22. The van der Waals surface area contributed by atoms with Gasteiger partial charge in [-0.1, -0.05) is 55.5 Å². The van der Waals surface area contributed by atoms with E-state index in [1.165, 1.54) is 0 Å². The highest BCUT2D eigenvalue weighted by molar-refractivity contribution is 5.92. The van der Waals surface area contributed by atoms with Gasteiger partial charge in [-0.25, -0.2) is 4.79 Å². The van der Waals surface area contributed by atoms with Crippen molar-refractivity contribution in [3.63, 3.8) is 0 Å². The van der Waals surface area contributed by atoms with Crippen LogP contribution in [0.5, 0.6) is 0 Å². The quantitative estimate of drug-likeness (QED) is 0.484. The van der Waals surface area contributed by atoms with Crippen molar-refractivity contribution < 1.29 is 14.0 Å². The van der Waals surface area contributed by atoms with Gasteiger partial charge in [0.15, 0.2) is 0 Å². The zero-order valence-corrected chi connectivity index (χ0v) is 18.8. The zero-order valence-electron chi connectivity index (χ0n) is 18.8. The minimum absolute atomic E-state index is 0.0149. The highest BCUT2D eigenvalue weighted by Crippen LogP contribution is 2.13. The Morgan fingerprint density at radius 3 is 2.19 bits per heavy atom. The Hall–Kier alpha value is -3.54. The standard InChI is InChI=1S/C26H31N3O3/c1-3-17-29(26(31)27-23-12-8-5-9-13-23)20-25(30)28(19-24-15-14-21(2)32-24)18-16-22-10-6-4-7-11-22/h4-15H,3,16-20H2,1-2H3,(H,27,31). The highest BCUT2D eigenvalue weighted by atomic mass is 16.3. The first-order valence-corrected chi connectivity index (χ1v) is 11.0. The molecule has 1 N–H and O–H groups in total. The van der Waals surface area contributed by atoms with Crippen LogP contribution < -0.4 is 5.32 Å². The van der Waals surface area contributed by atoms with Crippen LogP contribution in [0.4, 0.5) is 10.5 Å². The lowest BCUT2D eigenvalue weighted by Gasteiger charge is -2.27. The second-order valence-electron chi connectivity index (χ2n) is 7.78. The number of aryl methyl sites for hydroxylation is 1. The smallest absolute Gasteiger partial charge is 0.322 e. The molecule has 0 saturated heterocycles. The number of amides is 3. The maximum Gasteiger partial charge on any atom is 0.322 e. The first kappa shape index (κ1) is 23.1. The lowest BCUT2D eigenvalue weighted by molar-refractivity contribution is -0.132. The van der Waals surface area contributed by atoms with Crippen molar-refractivity contribution in [2.45, 2.75) is 33.2 Å². The maximum absolute atomic E-state index is 13.3. The van der Waals surface area contributed by atoms with Gasteiger partial charge in [-0.3, -0.25) is 4.79 Å². The molecule has 32 heavy (non-hydrogen) atoms. The van der Waals surface area contributed by atoms with E-state index in [9.17, 15) is 9.59 Å². The van der Waals surface area contributed by atoms with E-state index in [4.69, 9.17) is 4.42 Å². The Balaban J connectivity index is 1.69. The van der Waals surface area contributed by atoms with Gasteiger partial charge >= 0.3 is 6.03 Å². The molecule has 0 atom stereocenters. The second-order valence-corrected chi connectivity index (χ2v) is 7.78. The van der Waals surface area contributed by atoms with Gasteiger partial charge in [-0.15, -0.1) is 0 Å². The third-order valence-electron chi connectivity index (χ3n) is 5.14. The molecule has 0 radical (unpaired) electrons. The summed E-state index contributed by atoms with van der Waals surface area (Å²) in [6.07, 6.45) is 1.49. The van der Waals surface area contributed by atoms with Crippen LogP contribution in [0.25, 0.3) is 0 Å². The molecule has 3 rings (SSSR count). The number of rotatable bonds is 10. The molecule has 3 aromatic rings. The number of nitrogens with one attached hydrogen (secondary N) is 1. The largest absolute Gasteiger partial charge is 0.464 e. The summed E-state index contributed by atoms with van der Waals surface area (Å²) >= 11 is 0. The number of para-hydroxylation sites is 1. The molecule has 168 valence electrons. The second kappa shape index (κ2) is 11.7. The van der Waals surface area contributed by atoms with Gasteiger partial charge in [0, 0.05) is 18.8 Å². The van der Waals surface area contributed by atoms with Crippen molar-refractivity contribution in [3.8, 4) is 0 Å². The predicted molar refractivity (Wildman–Crippen MR) is 126 cm³/mol. The van der Waals surface area contributed by atoms with Gasteiger partial charge in [0.05, 0.1) is 6.54 Å². The van der Waals surface area contributed by atoms with Crippen LogP contribution in [-0.4, -0.2) is 41.4 Å². The van der Waals surface area contributed by atoms with Crippen LogP contribution in [0.1, 0.15) is 30.4 Å². The van der Waals surface area contributed by atoms with Crippen LogP contribution in [0.2, 0.25) is 0 Å². The molecule has 0 bridgehead atoms. The molecule has 0 saturated carbocycles. The Labute approximate surface area is 189 Å². The van der Waals surface area contributed by atoms with E-state index in [1.807, 2.05) is 74.5 Å². The number of anilines is 1. The topological polar surface area (TPSA) is 65.8 Å². The van der Waals surface area contributed by atoms with Crippen molar-refractivity contribution in [2.24, 2.45) is 0 Å². The van der Waals surface area contributed by atoms with E-state index in [2.05, 4.69) is 17.4 Å². The minimum Gasteiger partial charge on any atom is -0.464 e. The molecule has 0 unspecified atom stereocenters. The molecule has 1 aromatic heterocycles. The van der Waals surface area contributed by atoms with E-state index >= 15 is 0 Å². The molecule has 1 heterocycles. The summed E-state index contributed by atoms with van der Waals surface area (Å²) in [6, 6.07) is 22.9. The molecule has 6 nitrogen and oxygen atoms in total. The third-order valence-corrected chi connectivity index (χ3v) is 5.14. The number of hydrogen-bond acceptors (Lipinski definition) is 3. The van der Waals surface area contributed by atoms with Crippen molar-refractivity contribution in [3.05, 3.63) is 89.9 Å². The van der Waals surface area contributed by atoms with Crippen LogP contribution in [0.3, 0.4) is 0 Å². The summed E-state index contributed by atoms with van der Waals surface area (Å²) in [7, 11) is 0. The van der Waals surface area contributed by atoms with E-state index in [1.54, 1.807) is 9.80 Å². The summed E-state index contributed by atoms with van der Waals surface area (Å²) in [5.74, 6) is 1.44. The molecule has 0 aliphatic heterocycles. The SMILES string of the molecule is CCCN(CC(=O)N(CCc1ccccc1)Cc1ccc(C)o1)C(=O)Nc1ccccc1. The molecule has 0 aliphatic carbocycles. The number of carbonyl (C=O) groups is 2. The third kappa shape index (κ3) is 7.01. The first-order chi connectivity index (χ1) is 15.5. The van der Waals surface area contributed by atoms with Gasteiger partial charge in [0.1, 0.15) is 18.1 Å². The molecular formula is C26H31N3O3. The Bertz CT molecular complexity index is 986. The monoisotopic (exact) mass is 433 g/mol. The summed E-state index contributed by atoms with van der Waals surface area (Å²) in [5, 5.41) is 2.88. The summed E-state index contributed by atoms with van der Waals surface area (Å²) in [4.78, 5) is 29.4. The number of carbonyl (C=O) groups excluding carboxylic acids is 2. The van der Waals surface area contributed by atoms with Crippen LogP contribution in [0.15, 0.2) is 77.2 Å². The van der Waals surface area contributed by atoms with Crippen LogP contribution >= 0.6 is 0 Å². The van der Waals surface area contributed by atoms with E-state index in [0.717, 1.165) is 29.9 Å². The van der Waals surface area contributed by atoms with Crippen molar-refractivity contribution in [1.82, 2.24) is 9.80 Å². The van der Waals surface area contributed by atoms with Crippen molar-refractivity contribution in [1.29, 1.82) is 0 Å². The average Bonchev–Trinajstić information content (AvgIpc) is 3.22. The summed E-state index contributed by atoms with van der Waals surface area (Å²) < 4.78 is 5.71. The Kier molecular flexibility index (Phi) is 8.49. The van der Waals surface area contributed by atoms with E-state index in [0.29, 0.717) is 25.3 Å². The van der Waals surface area contributed by atoms with E-state index < -0.39 is 0 Å². The zero-order chi connectivity index (χ0) is 22.8. The maximum atomic E-state index is 13.3. The molecule has 0 fully saturated rings. The van der Waals surface area contributed by atoms with Crippen molar-refractivity contribution >= 4 is 17.6 Å². The normalized spacial score (nSPS) is 10.6. The molecule has 0 aliphatic rings. The molecular weight excluding hydrogens is 402 g/mol.